The van der Waals surface area contributed by atoms with Crippen molar-refractivity contribution in [2.24, 2.45) is 0 Å². The third-order valence-electron chi connectivity index (χ3n) is 8.16. The Morgan fingerprint density at radius 1 is 1.06 bits per heavy atom. The predicted molar refractivity (Wildman–Crippen MR) is 141 cm³/mol. The van der Waals surface area contributed by atoms with Gasteiger partial charge in [-0.25, -0.2) is 4.79 Å². The molecule has 1 unspecified atom stereocenters. The number of nitrogens with zero attached hydrogens (tertiary/aromatic N) is 2. The molecule has 1 N–H and O–H groups in total. The lowest BCUT2D eigenvalue weighted by Gasteiger charge is -2.24. The molecule has 5 heteroatoms. The number of carbonyl (C=O) groups is 1. The highest BCUT2D eigenvalue weighted by atomic mass is 16.5. The number of rotatable bonds is 8. The Balaban J connectivity index is 1.61. The molecule has 2 heterocycles. The molecule has 2 aromatic carbocycles. The number of likely N-dealkylation sites (N-methyl/N-ethyl adjacent to an activating group) is 1. The Morgan fingerprint density at radius 3 is 2.57 bits per heavy atom. The van der Waals surface area contributed by atoms with Gasteiger partial charge in [0.2, 0.25) is 0 Å². The zero-order valence-corrected chi connectivity index (χ0v) is 21.1. The van der Waals surface area contributed by atoms with E-state index < -0.39 is 5.97 Å². The van der Waals surface area contributed by atoms with Gasteiger partial charge in [0.25, 0.3) is 0 Å². The number of hydrogen-bond acceptors (Lipinski definition) is 3. The van der Waals surface area contributed by atoms with Gasteiger partial charge in [-0.15, -0.1) is 0 Å². The van der Waals surface area contributed by atoms with Crippen LogP contribution in [0, 0.1) is 0 Å². The molecule has 1 saturated carbocycles. The maximum absolute atomic E-state index is 11.8. The number of ether oxygens (including phenoxy) is 1. The maximum Gasteiger partial charge on any atom is 0.335 e. The second kappa shape index (κ2) is 10.5. The van der Waals surface area contributed by atoms with Gasteiger partial charge < -0.3 is 19.3 Å². The minimum Gasteiger partial charge on any atom is -0.478 e. The summed E-state index contributed by atoms with van der Waals surface area (Å²) < 4.78 is 8.94. The zero-order chi connectivity index (χ0) is 24.4. The lowest BCUT2D eigenvalue weighted by atomic mass is 9.81. The molecule has 2 aliphatic rings. The van der Waals surface area contributed by atoms with Crippen molar-refractivity contribution in [1.82, 2.24) is 9.47 Å². The number of aromatic nitrogens is 1. The van der Waals surface area contributed by atoms with Crippen molar-refractivity contribution in [3.63, 3.8) is 0 Å². The molecule has 0 radical (unpaired) electrons. The Kier molecular flexibility index (Phi) is 7.26. The Hall–Kier alpha value is -2.63. The van der Waals surface area contributed by atoms with Crippen LogP contribution >= 0.6 is 0 Å². The van der Waals surface area contributed by atoms with Crippen LogP contribution in [-0.4, -0.2) is 46.8 Å². The van der Waals surface area contributed by atoms with Crippen LogP contribution < -0.4 is 0 Å². The summed E-state index contributed by atoms with van der Waals surface area (Å²) in [5.74, 6) is -0.348. The zero-order valence-electron chi connectivity index (χ0n) is 21.1. The molecule has 35 heavy (non-hydrogen) atoms. The Labute approximate surface area is 208 Å². The van der Waals surface area contributed by atoms with Gasteiger partial charge in [0, 0.05) is 29.6 Å². The van der Waals surface area contributed by atoms with E-state index >= 15 is 0 Å². The van der Waals surface area contributed by atoms with Crippen molar-refractivity contribution in [2.45, 2.75) is 70.9 Å². The molecule has 0 amide bonds. The highest BCUT2D eigenvalue weighted by Crippen LogP contribution is 2.47. The van der Waals surface area contributed by atoms with E-state index in [9.17, 15) is 9.90 Å². The lowest BCUT2D eigenvalue weighted by Crippen LogP contribution is -2.27. The van der Waals surface area contributed by atoms with Crippen LogP contribution in [0.5, 0.6) is 0 Å². The van der Waals surface area contributed by atoms with Gasteiger partial charge >= 0.3 is 5.97 Å². The summed E-state index contributed by atoms with van der Waals surface area (Å²) in [4.78, 5) is 14.2. The van der Waals surface area contributed by atoms with Gasteiger partial charge in [-0.3, -0.25) is 0 Å². The highest BCUT2D eigenvalue weighted by Gasteiger charge is 2.31. The number of aryl methyl sites for hydroxylation is 1. The number of fused-ring (bicyclic) bond motifs is 5. The minimum absolute atomic E-state index is 0.0403. The average molecular weight is 475 g/mol. The number of hydrogen-bond donors (Lipinski definition) is 1. The SMILES string of the molecule is CCN(CC)CCOC1CCn2c(c(C3CCCCC3)c3ccc(C(=O)O)cc32)-c2ccccc21. The molecule has 5 nitrogen and oxygen atoms in total. The van der Waals surface area contributed by atoms with E-state index in [4.69, 9.17) is 4.74 Å². The summed E-state index contributed by atoms with van der Waals surface area (Å²) in [6.45, 7) is 8.95. The molecule has 1 fully saturated rings. The van der Waals surface area contributed by atoms with E-state index in [1.165, 1.54) is 59.9 Å². The van der Waals surface area contributed by atoms with Crippen molar-refractivity contribution < 1.29 is 14.6 Å². The molecule has 3 aromatic rings. The summed E-state index contributed by atoms with van der Waals surface area (Å²) in [7, 11) is 0. The number of carboxylic acids is 1. The smallest absolute Gasteiger partial charge is 0.335 e. The molecule has 0 spiro atoms. The minimum atomic E-state index is -0.867. The van der Waals surface area contributed by atoms with Gasteiger partial charge in [0.1, 0.15) is 0 Å². The molecule has 0 bridgehead atoms. The van der Waals surface area contributed by atoms with Crippen LogP contribution in [-0.2, 0) is 11.3 Å². The molecular formula is C30H38N2O3. The quantitative estimate of drug-likeness (QED) is 0.388. The van der Waals surface area contributed by atoms with Gasteiger partial charge in [-0.05, 0) is 61.5 Å². The normalized spacial score (nSPS) is 18.4. The van der Waals surface area contributed by atoms with Gasteiger partial charge in [-0.2, -0.15) is 0 Å². The summed E-state index contributed by atoms with van der Waals surface area (Å²) in [6.07, 6.45) is 7.18. The molecule has 5 rings (SSSR count). The van der Waals surface area contributed by atoms with E-state index in [1.54, 1.807) is 6.07 Å². The third-order valence-corrected chi connectivity index (χ3v) is 8.16. The summed E-state index contributed by atoms with van der Waals surface area (Å²) in [5, 5.41) is 10.9. The van der Waals surface area contributed by atoms with Crippen LogP contribution in [0.25, 0.3) is 22.2 Å². The maximum atomic E-state index is 11.8. The summed E-state index contributed by atoms with van der Waals surface area (Å²) >= 11 is 0. The first kappa shape index (κ1) is 24.1. The van der Waals surface area contributed by atoms with E-state index in [-0.39, 0.29) is 6.10 Å². The lowest BCUT2D eigenvalue weighted by molar-refractivity contribution is 0.0317. The second-order valence-electron chi connectivity index (χ2n) is 10.0. The standard InChI is InChI=1S/C30H38N2O3/c1-3-31(4-2)18-19-35-27-16-17-32-26-20-22(30(33)34)14-15-25(26)28(21-10-6-5-7-11-21)29(32)24-13-9-8-12-23(24)27/h8-9,12-15,20-21,27H,3-7,10-11,16-19H2,1-2H3,(H,33,34). The largest absolute Gasteiger partial charge is 0.478 e. The fourth-order valence-electron chi connectivity index (χ4n) is 6.27. The van der Waals surface area contributed by atoms with E-state index in [1.807, 2.05) is 6.07 Å². The van der Waals surface area contributed by atoms with Crippen LogP contribution in [0.2, 0.25) is 0 Å². The molecule has 1 aliphatic heterocycles. The number of benzene rings is 2. The topological polar surface area (TPSA) is 54.7 Å². The fraction of sp³-hybridized carbons (Fsp3) is 0.500. The summed E-state index contributed by atoms with van der Waals surface area (Å²) in [6, 6.07) is 14.5. The van der Waals surface area contributed by atoms with E-state index in [0.29, 0.717) is 11.5 Å². The Morgan fingerprint density at radius 2 is 1.83 bits per heavy atom. The van der Waals surface area contributed by atoms with Crippen molar-refractivity contribution in [2.75, 3.05) is 26.2 Å². The van der Waals surface area contributed by atoms with Gasteiger partial charge in [0.15, 0.2) is 0 Å². The molecule has 1 aliphatic carbocycles. The molecule has 186 valence electrons. The monoisotopic (exact) mass is 474 g/mol. The molecule has 1 atom stereocenters. The van der Waals surface area contributed by atoms with Crippen LogP contribution in [0.15, 0.2) is 42.5 Å². The van der Waals surface area contributed by atoms with Crippen molar-refractivity contribution in [1.29, 1.82) is 0 Å². The first-order chi connectivity index (χ1) is 17.1. The van der Waals surface area contributed by atoms with Crippen molar-refractivity contribution in [3.05, 3.63) is 59.2 Å². The first-order valence-corrected chi connectivity index (χ1v) is 13.4. The number of carboxylic acid groups (broad SMARTS) is 1. The Bertz CT molecular complexity index is 1190. The highest BCUT2D eigenvalue weighted by molar-refractivity contribution is 5.98. The molecule has 0 saturated heterocycles. The second-order valence-corrected chi connectivity index (χ2v) is 10.0. The van der Waals surface area contributed by atoms with Gasteiger partial charge in [0.05, 0.1) is 24.0 Å². The van der Waals surface area contributed by atoms with Crippen molar-refractivity contribution in [3.8, 4) is 11.3 Å². The average Bonchev–Trinajstić information content (AvgIpc) is 3.13. The van der Waals surface area contributed by atoms with Crippen LogP contribution in [0.4, 0.5) is 0 Å². The van der Waals surface area contributed by atoms with E-state index in [2.05, 4.69) is 53.6 Å². The third kappa shape index (κ3) is 4.64. The predicted octanol–water partition coefficient (Wildman–Crippen LogP) is 6.86. The van der Waals surface area contributed by atoms with Crippen LogP contribution in [0.1, 0.15) is 85.9 Å². The number of aromatic carboxylic acids is 1. The van der Waals surface area contributed by atoms with E-state index in [0.717, 1.165) is 44.7 Å². The molecule has 1 aromatic heterocycles. The fourth-order valence-corrected chi connectivity index (χ4v) is 6.27. The van der Waals surface area contributed by atoms with Gasteiger partial charge in [-0.1, -0.05) is 63.4 Å². The molecular weight excluding hydrogens is 436 g/mol. The van der Waals surface area contributed by atoms with Crippen molar-refractivity contribution >= 4 is 16.9 Å². The van der Waals surface area contributed by atoms with Crippen LogP contribution in [0.3, 0.4) is 0 Å². The summed E-state index contributed by atoms with van der Waals surface area (Å²) in [5.41, 5.74) is 6.65. The first-order valence-electron chi connectivity index (χ1n) is 13.4.